The minimum absolute atomic E-state index is 0.0556. The maximum absolute atomic E-state index is 12.5. The summed E-state index contributed by atoms with van der Waals surface area (Å²) in [5, 5.41) is 7.84. The molecule has 6 nitrogen and oxygen atoms in total. The van der Waals surface area contributed by atoms with E-state index >= 15 is 0 Å². The monoisotopic (exact) mass is 382 g/mol. The molecule has 0 aliphatic carbocycles. The fourth-order valence-corrected chi connectivity index (χ4v) is 4.11. The van der Waals surface area contributed by atoms with Crippen molar-refractivity contribution >= 4 is 45.7 Å². The van der Waals surface area contributed by atoms with Crippen LogP contribution in [0.4, 0.5) is 10.8 Å². The third-order valence-corrected chi connectivity index (χ3v) is 5.76. The molecule has 0 fully saturated rings. The fourth-order valence-electron chi connectivity index (χ4n) is 2.48. The summed E-state index contributed by atoms with van der Waals surface area (Å²) in [7, 11) is 0. The predicted octanol–water partition coefficient (Wildman–Crippen LogP) is 3.89. The molecule has 130 valence electrons. The number of anilines is 2. The highest BCUT2D eigenvalue weighted by molar-refractivity contribution is 8.00. The Kier molecular flexibility index (Phi) is 4.44. The van der Waals surface area contributed by atoms with Crippen molar-refractivity contribution < 1.29 is 9.59 Å². The van der Waals surface area contributed by atoms with Crippen molar-refractivity contribution in [1.82, 2.24) is 9.97 Å². The van der Waals surface area contributed by atoms with Crippen LogP contribution in [0.1, 0.15) is 17.3 Å². The first kappa shape index (κ1) is 16.7. The van der Waals surface area contributed by atoms with Gasteiger partial charge in [-0.15, -0.1) is 23.1 Å². The van der Waals surface area contributed by atoms with E-state index in [1.54, 1.807) is 18.3 Å². The second-order valence-corrected chi connectivity index (χ2v) is 7.91. The van der Waals surface area contributed by atoms with Gasteiger partial charge in [0.25, 0.3) is 5.91 Å². The molecule has 0 unspecified atom stereocenters. The first-order chi connectivity index (χ1) is 12.6. The Balaban J connectivity index is 1.52. The molecule has 26 heavy (non-hydrogen) atoms. The van der Waals surface area contributed by atoms with E-state index in [2.05, 4.69) is 20.6 Å². The molecule has 0 saturated carbocycles. The Morgan fingerprint density at radius 1 is 1.23 bits per heavy atom. The Bertz CT molecular complexity index is 988. The normalized spacial score (nSPS) is 15.9. The van der Waals surface area contributed by atoms with Gasteiger partial charge < -0.3 is 5.32 Å². The van der Waals surface area contributed by atoms with E-state index in [1.165, 1.54) is 23.1 Å². The fraction of sp³-hybridized carbons (Fsp3) is 0.111. The molecule has 2 aromatic heterocycles. The van der Waals surface area contributed by atoms with Crippen LogP contribution in [0.5, 0.6) is 0 Å². The predicted molar refractivity (Wildman–Crippen MR) is 104 cm³/mol. The number of pyridine rings is 1. The summed E-state index contributed by atoms with van der Waals surface area (Å²) < 4.78 is 0. The molecule has 3 aromatic rings. The van der Waals surface area contributed by atoms with Gasteiger partial charge in [-0.05, 0) is 37.3 Å². The van der Waals surface area contributed by atoms with Crippen LogP contribution in [-0.2, 0) is 4.79 Å². The van der Waals surface area contributed by atoms with Crippen molar-refractivity contribution in [2.75, 3.05) is 10.6 Å². The van der Waals surface area contributed by atoms with Gasteiger partial charge in [0.15, 0.2) is 5.13 Å². The number of thioether (sulfide) groups is 1. The molecule has 8 heteroatoms. The van der Waals surface area contributed by atoms with E-state index in [1.807, 2.05) is 36.6 Å². The van der Waals surface area contributed by atoms with Gasteiger partial charge in [0, 0.05) is 22.0 Å². The van der Waals surface area contributed by atoms with Crippen molar-refractivity contribution in [2.45, 2.75) is 17.1 Å². The number of nitrogens with one attached hydrogen (secondary N) is 2. The molecule has 0 radical (unpaired) electrons. The Labute approximate surface area is 158 Å². The van der Waals surface area contributed by atoms with Gasteiger partial charge >= 0.3 is 0 Å². The number of carbonyl (C=O) groups excluding carboxylic acids is 2. The number of carbonyl (C=O) groups is 2. The molecule has 2 amide bonds. The number of aromatic nitrogens is 2. The van der Waals surface area contributed by atoms with Crippen LogP contribution >= 0.6 is 23.1 Å². The number of hydrogen-bond acceptors (Lipinski definition) is 6. The SMILES string of the molecule is C[C@@H]1Sc2ccc(C(=O)Nc3nc(-c4ccccn4)cs3)cc2NC1=O. The van der Waals surface area contributed by atoms with E-state index in [-0.39, 0.29) is 17.1 Å². The Morgan fingerprint density at radius 3 is 2.92 bits per heavy atom. The number of amides is 2. The molecule has 0 saturated heterocycles. The van der Waals surface area contributed by atoms with Crippen LogP contribution in [0.25, 0.3) is 11.4 Å². The van der Waals surface area contributed by atoms with E-state index in [4.69, 9.17) is 0 Å². The molecule has 0 spiro atoms. The van der Waals surface area contributed by atoms with E-state index in [0.29, 0.717) is 22.1 Å². The lowest BCUT2D eigenvalue weighted by Gasteiger charge is -2.21. The van der Waals surface area contributed by atoms with Crippen molar-refractivity contribution in [1.29, 1.82) is 0 Å². The largest absolute Gasteiger partial charge is 0.324 e. The summed E-state index contributed by atoms with van der Waals surface area (Å²) in [5.74, 6) is -0.326. The molecule has 1 aliphatic rings. The highest BCUT2D eigenvalue weighted by atomic mass is 32.2. The van der Waals surface area contributed by atoms with Crippen LogP contribution in [-0.4, -0.2) is 27.0 Å². The lowest BCUT2D eigenvalue weighted by atomic mass is 10.2. The number of rotatable bonds is 3. The molecular formula is C18H14N4O2S2. The van der Waals surface area contributed by atoms with Crippen molar-refractivity contribution in [3.8, 4) is 11.4 Å². The molecule has 2 N–H and O–H groups in total. The first-order valence-electron chi connectivity index (χ1n) is 7.90. The standard InChI is InChI=1S/C18H14N4O2S2/c1-10-16(23)20-13-8-11(5-6-15(13)26-10)17(24)22-18-21-14(9-25-18)12-4-2-3-7-19-12/h2-10H,1H3,(H,20,23)(H,21,22,24)/t10-/m0/s1. The lowest BCUT2D eigenvalue weighted by molar-refractivity contribution is -0.115. The third-order valence-electron chi connectivity index (χ3n) is 3.82. The van der Waals surface area contributed by atoms with Crippen LogP contribution < -0.4 is 10.6 Å². The lowest BCUT2D eigenvalue weighted by Crippen LogP contribution is -2.26. The summed E-state index contributed by atoms with van der Waals surface area (Å²) >= 11 is 2.82. The molecule has 4 rings (SSSR count). The second kappa shape index (κ2) is 6.89. The maximum atomic E-state index is 12.5. The van der Waals surface area contributed by atoms with E-state index in [0.717, 1.165) is 10.6 Å². The second-order valence-electron chi connectivity index (χ2n) is 5.67. The molecule has 0 bridgehead atoms. The minimum atomic E-state index is -0.271. The highest BCUT2D eigenvalue weighted by Gasteiger charge is 2.24. The molecule has 3 heterocycles. The zero-order valence-electron chi connectivity index (χ0n) is 13.7. The summed E-state index contributed by atoms with van der Waals surface area (Å²) in [5.41, 5.74) is 2.61. The number of hydrogen-bond donors (Lipinski definition) is 2. The minimum Gasteiger partial charge on any atom is -0.324 e. The molecule has 1 aliphatic heterocycles. The number of benzene rings is 1. The zero-order valence-corrected chi connectivity index (χ0v) is 15.4. The summed E-state index contributed by atoms with van der Waals surface area (Å²) in [4.78, 5) is 33.9. The van der Waals surface area contributed by atoms with Gasteiger partial charge in [0.1, 0.15) is 5.69 Å². The smallest absolute Gasteiger partial charge is 0.257 e. The average Bonchev–Trinajstić information content (AvgIpc) is 3.11. The van der Waals surface area contributed by atoms with Crippen molar-refractivity contribution in [2.24, 2.45) is 0 Å². The highest BCUT2D eigenvalue weighted by Crippen LogP contribution is 2.36. The quantitative estimate of drug-likeness (QED) is 0.718. The third kappa shape index (κ3) is 3.33. The first-order valence-corrected chi connectivity index (χ1v) is 9.66. The number of nitrogens with zero attached hydrogens (tertiary/aromatic N) is 2. The van der Waals surface area contributed by atoms with Gasteiger partial charge in [0.2, 0.25) is 5.91 Å². The average molecular weight is 382 g/mol. The maximum Gasteiger partial charge on any atom is 0.257 e. The zero-order chi connectivity index (χ0) is 18.1. The molecule has 1 atom stereocenters. The Hall–Kier alpha value is -2.71. The molecular weight excluding hydrogens is 368 g/mol. The van der Waals surface area contributed by atoms with Crippen molar-refractivity contribution in [3.63, 3.8) is 0 Å². The topological polar surface area (TPSA) is 84.0 Å². The summed E-state index contributed by atoms with van der Waals surface area (Å²) in [6.07, 6.45) is 1.70. The van der Waals surface area contributed by atoms with Gasteiger partial charge in [-0.25, -0.2) is 4.98 Å². The van der Waals surface area contributed by atoms with Crippen LogP contribution in [0.2, 0.25) is 0 Å². The Morgan fingerprint density at radius 2 is 2.12 bits per heavy atom. The van der Waals surface area contributed by atoms with Crippen molar-refractivity contribution in [3.05, 3.63) is 53.5 Å². The molecule has 1 aromatic carbocycles. The van der Waals surface area contributed by atoms with Gasteiger partial charge in [0.05, 0.1) is 16.6 Å². The van der Waals surface area contributed by atoms with Crippen LogP contribution in [0.3, 0.4) is 0 Å². The number of fused-ring (bicyclic) bond motifs is 1. The number of thiazole rings is 1. The van der Waals surface area contributed by atoms with Gasteiger partial charge in [-0.1, -0.05) is 6.07 Å². The van der Waals surface area contributed by atoms with Gasteiger partial charge in [-0.2, -0.15) is 0 Å². The van der Waals surface area contributed by atoms with Crippen LogP contribution in [0.15, 0.2) is 52.9 Å². The summed E-state index contributed by atoms with van der Waals surface area (Å²) in [6.45, 7) is 1.85. The van der Waals surface area contributed by atoms with E-state index in [9.17, 15) is 9.59 Å². The summed E-state index contributed by atoms with van der Waals surface area (Å²) in [6, 6.07) is 10.9. The van der Waals surface area contributed by atoms with Gasteiger partial charge in [-0.3, -0.25) is 19.9 Å². The van der Waals surface area contributed by atoms with Crippen LogP contribution in [0, 0.1) is 0 Å². The van der Waals surface area contributed by atoms with E-state index < -0.39 is 0 Å².